The van der Waals surface area contributed by atoms with E-state index < -0.39 is 0 Å². The predicted molar refractivity (Wildman–Crippen MR) is 86.9 cm³/mol. The summed E-state index contributed by atoms with van der Waals surface area (Å²) in [6.45, 7) is 1.20. The molecule has 2 nitrogen and oxygen atoms in total. The van der Waals surface area contributed by atoms with Crippen LogP contribution in [-0.4, -0.2) is 30.7 Å². The Bertz CT molecular complexity index is 429. The molecule has 0 saturated heterocycles. The summed E-state index contributed by atoms with van der Waals surface area (Å²) >= 11 is 2.06. The second-order valence-electron chi connectivity index (χ2n) is 6.26. The van der Waals surface area contributed by atoms with Crippen LogP contribution in [0.1, 0.15) is 43.6 Å². The van der Waals surface area contributed by atoms with Gasteiger partial charge in [-0.25, -0.2) is 0 Å². The van der Waals surface area contributed by atoms with Crippen LogP contribution in [0.2, 0.25) is 0 Å². The van der Waals surface area contributed by atoms with Crippen molar-refractivity contribution >= 4 is 11.8 Å². The van der Waals surface area contributed by atoms with E-state index in [1.165, 1.54) is 44.2 Å². The second-order valence-corrected chi connectivity index (χ2v) is 7.53. The van der Waals surface area contributed by atoms with Crippen LogP contribution in [0.25, 0.3) is 0 Å². The molecule has 0 aromatic heterocycles. The zero-order chi connectivity index (χ0) is 14.0. The number of rotatable bonds is 6. The van der Waals surface area contributed by atoms with Crippen molar-refractivity contribution in [3.63, 3.8) is 0 Å². The lowest BCUT2D eigenvalue weighted by atomic mass is 9.75. The molecule has 0 aliphatic heterocycles. The average molecular weight is 291 g/mol. The first-order valence-corrected chi connectivity index (χ1v) is 8.90. The zero-order valence-electron chi connectivity index (χ0n) is 12.5. The van der Waals surface area contributed by atoms with Crippen LogP contribution >= 0.6 is 11.8 Å². The summed E-state index contributed by atoms with van der Waals surface area (Å²) in [4.78, 5) is 0. The van der Waals surface area contributed by atoms with Crippen LogP contribution in [0.4, 0.5) is 0 Å². The molecule has 0 spiro atoms. The maximum Gasteiger partial charge on any atom is 0.118 e. The highest BCUT2D eigenvalue weighted by Gasteiger charge is 2.38. The van der Waals surface area contributed by atoms with E-state index in [4.69, 9.17) is 4.74 Å². The lowest BCUT2D eigenvalue weighted by molar-refractivity contribution is 0.256. The van der Waals surface area contributed by atoms with Crippen LogP contribution in [0.5, 0.6) is 5.75 Å². The van der Waals surface area contributed by atoms with E-state index in [0.29, 0.717) is 4.75 Å². The van der Waals surface area contributed by atoms with Crippen LogP contribution in [-0.2, 0) is 0 Å². The van der Waals surface area contributed by atoms with Gasteiger partial charge in [-0.2, -0.15) is 11.8 Å². The Morgan fingerprint density at radius 1 is 1.25 bits per heavy atom. The standard InChI is InChI=1S/C17H25NOS/c1-19-16-6-4-13(5-7-16)14-10-15(11-14)18-12-17(20-2)8-3-9-17/h4-7,14-15,18H,3,8-12H2,1-2H3. The first-order chi connectivity index (χ1) is 9.74. The number of hydrogen-bond donors (Lipinski definition) is 1. The van der Waals surface area contributed by atoms with Crippen molar-refractivity contribution < 1.29 is 4.74 Å². The van der Waals surface area contributed by atoms with Crippen molar-refractivity contribution in [3.05, 3.63) is 29.8 Å². The van der Waals surface area contributed by atoms with Crippen molar-refractivity contribution in [2.24, 2.45) is 0 Å². The van der Waals surface area contributed by atoms with E-state index in [1.807, 2.05) is 0 Å². The van der Waals surface area contributed by atoms with E-state index in [-0.39, 0.29) is 0 Å². The lowest BCUT2D eigenvalue weighted by Gasteiger charge is -2.44. The molecule has 0 amide bonds. The average Bonchev–Trinajstić information content (AvgIpc) is 2.40. The van der Waals surface area contributed by atoms with Gasteiger partial charge < -0.3 is 10.1 Å². The van der Waals surface area contributed by atoms with Crippen molar-refractivity contribution in [2.45, 2.75) is 48.8 Å². The molecule has 110 valence electrons. The summed E-state index contributed by atoms with van der Waals surface area (Å²) in [5, 5.41) is 3.79. The van der Waals surface area contributed by atoms with Crippen LogP contribution in [0.15, 0.2) is 24.3 Å². The highest BCUT2D eigenvalue weighted by molar-refractivity contribution is 8.00. The van der Waals surface area contributed by atoms with Gasteiger partial charge in [0.25, 0.3) is 0 Å². The number of methoxy groups -OCH3 is 1. The first-order valence-electron chi connectivity index (χ1n) is 7.67. The molecule has 0 unspecified atom stereocenters. The molecule has 2 aliphatic rings. The zero-order valence-corrected chi connectivity index (χ0v) is 13.3. The Kier molecular flexibility index (Phi) is 4.27. The maximum absolute atomic E-state index is 5.21. The Balaban J connectivity index is 1.44. The molecule has 0 atom stereocenters. The first kappa shape index (κ1) is 14.3. The van der Waals surface area contributed by atoms with Crippen LogP contribution < -0.4 is 10.1 Å². The Labute approximate surface area is 126 Å². The molecule has 1 aromatic rings. The molecule has 1 aromatic carbocycles. The minimum absolute atomic E-state index is 0.561. The number of thioether (sulfide) groups is 1. The molecular weight excluding hydrogens is 266 g/mol. The van der Waals surface area contributed by atoms with E-state index >= 15 is 0 Å². The highest BCUT2D eigenvalue weighted by atomic mass is 32.2. The fourth-order valence-electron chi connectivity index (χ4n) is 3.29. The van der Waals surface area contributed by atoms with Gasteiger partial charge in [-0.3, -0.25) is 0 Å². The molecule has 2 aliphatic carbocycles. The Morgan fingerprint density at radius 2 is 1.95 bits per heavy atom. The molecule has 0 heterocycles. The molecule has 0 bridgehead atoms. The Morgan fingerprint density at radius 3 is 2.45 bits per heavy atom. The van der Waals surface area contributed by atoms with Gasteiger partial charge in [0.05, 0.1) is 7.11 Å². The van der Waals surface area contributed by atoms with E-state index in [2.05, 4.69) is 47.6 Å². The number of hydrogen-bond acceptors (Lipinski definition) is 3. The molecular formula is C17H25NOS. The third kappa shape index (κ3) is 2.84. The molecule has 3 rings (SSSR count). The molecule has 3 heteroatoms. The van der Waals surface area contributed by atoms with Crippen molar-refractivity contribution in [1.82, 2.24) is 5.32 Å². The third-order valence-electron chi connectivity index (χ3n) is 5.14. The van der Waals surface area contributed by atoms with Crippen molar-refractivity contribution in [3.8, 4) is 5.75 Å². The fourth-order valence-corrected chi connectivity index (χ4v) is 4.21. The minimum atomic E-state index is 0.561. The molecule has 20 heavy (non-hydrogen) atoms. The third-order valence-corrected chi connectivity index (χ3v) is 6.55. The summed E-state index contributed by atoms with van der Waals surface area (Å²) < 4.78 is 5.77. The van der Waals surface area contributed by atoms with Gasteiger partial charge in [0.15, 0.2) is 0 Å². The van der Waals surface area contributed by atoms with Gasteiger partial charge in [-0.1, -0.05) is 18.6 Å². The SMILES string of the molecule is COc1ccc(C2CC(NCC3(SC)CCC3)C2)cc1. The maximum atomic E-state index is 5.21. The lowest BCUT2D eigenvalue weighted by Crippen LogP contribution is -2.49. The summed E-state index contributed by atoms with van der Waals surface area (Å²) in [6.07, 6.45) is 9.06. The van der Waals surface area contributed by atoms with E-state index in [0.717, 1.165) is 17.7 Å². The summed E-state index contributed by atoms with van der Waals surface area (Å²) in [6, 6.07) is 9.32. The fraction of sp³-hybridized carbons (Fsp3) is 0.647. The quantitative estimate of drug-likeness (QED) is 0.861. The monoisotopic (exact) mass is 291 g/mol. The summed E-state index contributed by atoms with van der Waals surface area (Å²) in [5.74, 6) is 1.69. The van der Waals surface area contributed by atoms with Crippen LogP contribution in [0.3, 0.4) is 0 Å². The number of benzene rings is 1. The van der Waals surface area contributed by atoms with Crippen molar-refractivity contribution in [1.29, 1.82) is 0 Å². The van der Waals surface area contributed by atoms with Crippen molar-refractivity contribution in [2.75, 3.05) is 19.9 Å². The second kappa shape index (κ2) is 5.98. The van der Waals surface area contributed by atoms with Gasteiger partial charge in [0.1, 0.15) is 5.75 Å². The van der Waals surface area contributed by atoms with E-state index in [9.17, 15) is 0 Å². The molecule has 2 fully saturated rings. The predicted octanol–water partition coefficient (Wildman–Crippen LogP) is 3.82. The number of ether oxygens (including phenoxy) is 1. The summed E-state index contributed by atoms with van der Waals surface area (Å²) in [7, 11) is 1.72. The van der Waals surface area contributed by atoms with Gasteiger partial charge in [0, 0.05) is 17.3 Å². The smallest absolute Gasteiger partial charge is 0.118 e. The molecule has 1 N–H and O–H groups in total. The molecule has 0 radical (unpaired) electrons. The van der Waals surface area contributed by atoms with Crippen LogP contribution in [0, 0.1) is 0 Å². The largest absolute Gasteiger partial charge is 0.497 e. The summed E-state index contributed by atoms with van der Waals surface area (Å²) in [5.41, 5.74) is 1.46. The van der Waals surface area contributed by atoms with Gasteiger partial charge >= 0.3 is 0 Å². The van der Waals surface area contributed by atoms with Gasteiger partial charge in [-0.05, 0) is 55.6 Å². The van der Waals surface area contributed by atoms with E-state index in [1.54, 1.807) is 7.11 Å². The molecule has 2 saturated carbocycles. The van der Waals surface area contributed by atoms with Gasteiger partial charge in [-0.15, -0.1) is 0 Å². The topological polar surface area (TPSA) is 21.3 Å². The number of nitrogens with one attached hydrogen (secondary N) is 1. The normalized spacial score (nSPS) is 27.5. The Hall–Kier alpha value is -0.670. The highest BCUT2D eigenvalue weighted by Crippen LogP contribution is 2.43. The van der Waals surface area contributed by atoms with Gasteiger partial charge in [0.2, 0.25) is 0 Å². The minimum Gasteiger partial charge on any atom is -0.497 e.